The van der Waals surface area contributed by atoms with Crippen LogP contribution in [0.15, 0.2) is 48.8 Å². The topological polar surface area (TPSA) is 45.6 Å². The number of pyridine rings is 1. The highest BCUT2D eigenvalue weighted by molar-refractivity contribution is 5.37. The molecular weight excluding hydrogens is 264 g/mol. The smallest absolute Gasteiger partial charge is 0.125 e. The monoisotopic (exact) mass is 284 g/mol. The van der Waals surface area contributed by atoms with Gasteiger partial charge in [-0.3, -0.25) is 9.88 Å². The van der Waals surface area contributed by atoms with E-state index in [0.717, 1.165) is 24.4 Å². The van der Waals surface area contributed by atoms with Crippen LogP contribution in [0.2, 0.25) is 0 Å². The number of nitrogens with zero attached hydrogens (tertiary/aromatic N) is 2. The maximum Gasteiger partial charge on any atom is 0.125 e. The van der Waals surface area contributed by atoms with E-state index in [1.165, 1.54) is 5.56 Å². The first kappa shape index (κ1) is 14.0. The number of ether oxygens (including phenoxy) is 1. The van der Waals surface area contributed by atoms with Crippen molar-refractivity contribution in [3.05, 3.63) is 59.9 Å². The average molecular weight is 284 g/mol. The van der Waals surface area contributed by atoms with Gasteiger partial charge in [0.25, 0.3) is 0 Å². The molecule has 3 rings (SSSR count). The minimum Gasteiger partial charge on any atom is -0.491 e. The fraction of sp³-hybridized carbons (Fsp3) is 0.353. The van der Waals surface area contributed by atoms with Crippen molar-refractivity contribution in [1.29, 1.82) is 0 Å². The Hall–Kier alpha value is -1.91. The molecule has 21 heavy (non-hydrogen) atoms. The van der Waals surface area contributed by atoms with Gasteiger partial charge in [-0.1, -0.05) is 25.1 Å². The third-order valence-electron chi connectivity index (χ3n) is 4.02. The first-order valence-electron chi connectivity index (χ1n) is 7.32. The molecule has 2 heterocycles. The Labute approximate surface area is 125 Å². The second kappa shape index (κ2) is 6.24. The lowest BCUT2D eigenvalue weighted by molar-refractivity contribution is 0.00181. The molecule has 0 saturated carbocycles. The molecule has 1 aliphatic heterocycles. The highest BCUT2D eigenvalue weighted by Crippen LogP contribution is 2.34. The quantitative estimate of drug-likeness (QED) is 0.936. The van der Waals surface area contributed by atoms with Crippen LogP contribution in [0.3, 0.4) is 0 Å². The van der Waals surface area contributed by atoms with Gasteiger partial charge in [0.05, 0.1) is 6.04 Å². The molecule has 4 heteroatoms. The molecule has 0 radical (unpaired) electrons. The van der Waals surface area contributed by atoms with Gasteiger partial charge in [0.15, 0.2) is 0 Å². The summed E-state index contributed by atoms with van der Waals surface area (Å²) < 4.78 is 5.81. The number of para-hydroxylation sites is 1. The first-order chi connectivity index (χ1) is 10.3. The molecule has 0 amide bonds. The maximum atomic E-state index is 10.7. The fourth-order valence-corrected chi connectivity index (χ4v) is 2.82. The number of rotatable bonds is 4. The van der Waals surface area contributed by atoms with E-state index in [0.29, 0.717) is 6.61 Å². The number of hydrogen-bond acceptors (Lipinski definition) is 4. The Kier molecular flexibility index (Phi) is 4.18. The van der Waals surface area contributed by atoms with Crippen molar-refractivity contribution in [3.8, 4) is 5.75 Å². The molecule has 0 saturated heterocycles. The van der Waals surface area contributed by atoms with Crippen molar-refractivity contribution >= 4 is 0 Å². The van der Waals surface area contributed by atoms with Gasteiger partial charge < -0.3 is 9.84 Å². The molecule has 4 nitrogen and oxygen atoms in total. The molecule has 0 fully saturated rings. The van der Waals surface area contributed by atoms with Gasteiger partial charge in [-0.25, -0.2) is 0 Å². The summed E-state index contributed by atoms with van der Waals surface area (Å²) in [5.41, 5.74) is 2.07. The zero-order chi connectivity index (χ0) is 14.7. The summed E-state index contributed by atoms with van der Waals surface area (Å²) in [5, 5.41) is 10.7. The Morgan fingerprint density at radius 2 is 2.00 bits per heavy atom. The number of likely N-dealkylation sites (N-methyl/N-ethyl adjacent to an activating group) is 1. The van der Waals surface area contributed by atoms with Gasteiger partial charge in [-0.2, -0.15) is 0 Å². The molecule has 1 aromatic carbocycles. The van der Waals surface area contributed by atoms with E-state index in [4.69, 9.17) is 4.74 Å². The third kappa shape index (κ3) is 2.91. The van der Waals surface area contributed by atoms with Gasteiger partial charge in [-0.05, 0) is 30.3 Å². The fourth-order valence-electron chi connectivity index (χ4n) is 2.82. The van der Waals surface area contributed by atoms with Crippen molar-refractivity contribution in [2.45, 2.75) is 25.6 Å². The van der Waals surface area contributed by atoms with Crippen LogP contribution >= 0.6 is 0 Å². The van der Waals surface area contributed by atoms with Gasteiger partial charge >= 0.3 is 0 Å². The normalized spacial score (nSPS) is 20.9. The van der Waals surface area contributed by atoms with Crippen LogP contribution in [-0.4, -0.2) is 34.2 Å². The van der Waals surface area contributed by atoms with Crippen LogP contribution in [0.5, 0.6) is 5.75 Å². The van der Waals surface area contributed by atoms with E-state index in [1.54, 1.807) is 12.4 Å². The molecule has 1 aliphatic rings. The minimum absolute atomic E-state index is 0.0296. The molecule has 1 N–H and O–H groups in total. The summed E-state index contributed by atoms with van der Waals surface area (Å²) in [7, 11) is 0. The van der Waals surface area contributed by atoms with Crippen LogP contribution in [0.25, 0.3) is 0 Å². The lowest BCUT2D eigenvalue weighted by Crippen LogP contribution is -2.45. The summed E-state index contributed by atoms with van der Waals surface area (Å²) in [6.45, 7) is 4.26. The molecule has 2 aromatic rings. The third-order valence-corrected chi connectivity index (χ3v) is 4.02. The van der Waals surface area contributed by atoms with Crippen molar-refractivity contribution in [3.63, 3.8) is 0 Å². The van der Waals surface area contributed by atoms with Gasteiger partial charge in [0.2, 0.25) is 0 Å². The maximum absolute atomic E-state index is 10.7. The second-order valence-electron chi connectivity index (χ2n) is 5.28. The Morgan fingerprint density at radius 3 is 2.76 bits per heavy atom. The number of aromatic nitrogens is 1. The zero-order valence-corrected chi connectivity index (χ0v) is 12.1. The van der Waals surface area contributed by atoms with Crippen molar-refractivity contribution < 1.29 is 9.84 Å². The summed E-state index contributed by atoms with van der Waals surface area (Å²) >= 11 is 0. The number of aliphatic hydroxyl groups excluding tert-OH is 1. The molecule has 2 unspecified atom stereocenters. The van der Waals surface area contributed by atoms with E-state index in [-0.39, 0.29) is 6.04 Å². The summed E-state index contributed by atoms with van der Waals surface area (Å²) in [4.78, 5) is 6.29. The molecule has 0 bridgehead atoms. The van der Waals surface area contributed by atoms with Crippen LogP contribution in [0.4, 0.5) is 0 Å². The highest BCUT2D eigenvalue weighted by Gasteiger charge is 2.32. The lowest BCUT2D eigenvalue weighted by Gasteiger charge is -2.37. The SMILES string of the molecule is CCN(Cc1ccncc1)C1COc2ccccc2C1O. The predicted octanol–water partition coefficient (Wildman–Crippen LogP) is 2.40. The van der Waals surface area contributed by atoms with Crippen LogP contribution in [0.1, 0.15) is 24.2 Å². The number of aliphatic hydroxyl groups is 1. The molecule has 0 aliphatic carbocycles. The van der Waals surface area contributed by atoms with E-state index in [1.807, 2.05) is 36.4 Å². The average Bonchev–Trinajstić information content (AvgIpc) is 2.55. The zero-order valence-electron chi connectivity index (χ0n) is 12.1. The lowest BCUT2D eigenvalue weighted by atomic mass is 9.97. The molecule has 110 valence electrons. The van der Waals surface area contributed by atoms with Crippen LogP contribution in [0, 0.1) is 0 Å². The standard InChI is InChI=1S/C17H20N2O2/c1-2-19(11-13-7-9-18-10-8-13)15-12-21-16-6-4-3-5-14(16)17(15)20/h3-10,15,17,20H,2,11-12H2,1H3. The van der Waals surface area contributed by atoms with Crippen molar-refractivity contribution in [2.24, 2.45) is 0 Å². The van der Waals surface area contributed by atoms with Crippen LogP contribution < -0.4 is 4.74 Å². The van der Waals surface area contributed by atoms with Gasteiger partial charge in [0.1, 0.15) is 18.5 Å². The van der Waals surface area contributed by atoms with Gasteiger partial charge in [0, 0.05) is 24.5 Å². The Morgan fingerprint density at radius 1 is 1.24 bits per heavy atom. The van der Waals surface area contributed by atoms with Crippen molar-refractivity contribution in [2.75, 3.05) is 13.2 Å². The molecule has 1 aromatic heterocycles. The van der Waals surface area contributed by atoms with E-state index < -0.39 is 6.10 Å². The number of benzene rings is 1. The largest absolute Gasteiger partial charge is 0.491 e. The molecular formula is C17H20N2O2. The summed E-state index contributed by atoms with van der Waals surface area (Å²) in [6.07, 6.45) is 3.08. The van der Waals surface area contributed by atoms with E-state index in [9.17, 15) is 5.11 Å². The number of fused-ring (bicyclic) bond motifs is 1. The highest BCUT2D eigenvalue weighted by atomic mass is 16.5. The first-order valence-corrected chi connectivity index (χ1v) is 7.32. The number of hydrogen-bond donors (Lipinski definition) is 1. The summed E-state index contributed by atoms with van der Waals surface area (Å²) in [5.74, 6) is 0.793. The Bertz CT molecular complexity index is 588. The Balaban J connectivity index is 1.79. The van der Waals surface area contributed by atoms with E-state index >= 15 is 0 Å². The van der Waals surface area contributed by atoms with Gasteiger partial charge in [-0.15, -0.1) is 0 Å². The minimum atomic E-state index is -0.517. The van der Waals surface area contributed by atoms with Crippen LogP contribution in [-0.2, 0) is 6.54 Å². The molecule has 2 atom stereocenters. The summed E-state index contributed by atoms with van der Waals surface area (Å²) in [6, 6.07) is 11.7. The molecule has 0 spiro atoms. The van der Waals surface area contributed by atoms with E-state index in [2.05, 4.69) is 16.8 Å². The predicted molar refractivity (Wildman–Crippen MR) is 81.0 cm³/mol. The van der Waals surface area contributed by atoms with Crippen molar-refractivity contribution in [1.82, 2.24) is 9.88 Å². The second-order valence-corrected chi connectivity index (χ2v) is 5.28.